The summed E-state index contributed by atoms with van der Waals surface area (Å²) in [7, 11) is 0. The zero-order valence-electron chi connectivity index (χ0n) is 10.5. The Morgan fingerprint density at radius 2 is 2.00 bits per heavy atom. The number of aryl methyl sites for hydroxylation is 1. The Balaban J connectivity index is 2.46. The summed E-state index contributed by atoms with van der Waals surface area (Å²) in [5.74, 6) is 0. The maximum absolute atomic E-state index is 9.95. The van der Waals surface area contributed by atoms with Crippen LogP contribution in [0.3, 0.4) is 0 Å². The predicted octanol–water partition coefficient (Wildman–Crippen LogP) is 3.31. The molecule has 0 saturated heterocycles. The van der Waals surface area contributed by atoms with Gasteiger partial charge in [-0.2, -0.15) is 0 Å². The topological polar surface area (TPSA) is 29.5 Å². The molecule has 2 nitrogen and oxygen atoms in total. The van der Waals surface area contributed by atoms with Crippen LogP contribution in [0.5, 0.6) is 0 Å². The minimum absolute atomic E-state index is 0.146. The minimum atomic E-state index is -0.401. The molecular formula is C15H22O2. The van der Waals surface area contributed by atoms with Crippen molar-refractivity contribution < 1.29 is 9.84 Å². The van der Waals surface area contributed by atoms with E-state index in [9.17, 15) is 5.11 Å². The molecule has 1 rings (SSSR count). The van der Waals surface area contributed by atoms with Gasteiger partial charge in [0.05, 0.1) is 12.4 Å². The molecule has 0 aliphatic heterocycles. The smallest absolute Gasteiger partial charge is 0.124 e. The third-order valence-corrected chi connectivity index (χ3v) is 2.84. The zero-order chi connectivity index (χ0) is 12.5. The molecule has 1 N–H and O–H groups in total. The van der Waals surface area contributed by atoms with E-state index in [0.717, 1.165) is 25.7 Å². The Morgan fingerprint density at radius 3 is 2.59 bits per heavy atom. The molecule has 0 aliphatic carbocycles. The first-order chi connectivity index (χ1) is 8.27. The molecule has 0 unspecified atom stereocenters. The second kappa shape index (κ2) is 7.91. The lowest BCUT2D eigenvalue weighted by atomic mass is 10.0. The summed E-state index contributed by atoms with van der Waals surface area (Å²) in [4.78, 5) is 0. The first-order valence-corrected chi connectivity index (χ1v) is 6.26. The Labute approximate surface area is 104 Å². The van der Waals surface area contributed by atoms with E-state index in [1.807, 2.05) is 18.2 Å². The van der Waals surface area contributed by atoms with Crippen LogP contribution in [0, 0.1) is 0 Å². The molecule has 0 amide bonds. The molecule has 17 heavy (non-hydrogen) atoms. The van der Waals surface area contributed by atoms with Crippen molar-refractivity contribution in [3.05, 3.63) is 48.7 Å². The molecule has 0 radical (unpaired) electrons. The van der Waals surface area contributed by atoms with Gasteiger partial charge in [-0.15, -0.1) is 0 Å². The van der Waals surface area contributed by atoms with Crippen molar-refractivity contribution in [1.29, 1.82) is 0 Å². The van der Waals surface area contributed by atoms with Crippen molar-refractivity contribution in [2.24, 2.45) is 0 Å². The van der Waals surface area contributed by atoms with Crippen LogP contribution in [0.2, 0.25) is 0 Å². The van der Waals surface area contributed by atoms with Crippen molar-refractivity contribution in [3.63, 3.8) is 0 Å². The van der Waals surface area contributed by atoms with E-state index in [0.29, 0.717) is 0 Å². The van der Waals surface area contributed by atoms with Gasteiger partial charge in [0, 0.05) is 0 Å². The number of rotatable bonds is 8. The van der Waals surface area contributed by atoms with Gasteiger partial charge in [-0.05, 0) is 24.8 Å². The van der Waals surface area contributed by atoms with Crippen molar-refractivity contribution in [3.8, 4) is 0 Å². The van der Waals surface area contributed by atoms with E-state index in [2.05, 4.69) is 25.6 Å². The lowest BCUT2D eigenvalue weighted by Gasteiger charge is -2.22. The summed E-state index contributed by atoms with van der Waals surface area (Å²) in [6.45, 7) is 5.63. The summed E-state index contributed by atoms with van der Waals surface area (Å²) >= 11 is 0. The van der Waals surface area contributed by atoms with Gasteiger partial charge in [0.2, 0.25) is 0 Å². The highest BCUT2D eigenvalue weighted by molar-refractivity contribution is 5.14. The first-order valence-electron chi connectivity index (χ1n) is 6.26. The number of hydrogen-bond acceptors (Lipinski definition) is 2. The third-order valence-electron chi connectivity index (χ3n) is 2.84. The minimum Gasteiger partial charge on any atom is -0.496 e. The molecule has 1 aromatic rings. The number of ether oxygens (including phenoxy) is 1. The molecule has 0 aliphatic rings. The van der Waals surface area contributed by atoms with Gasteiger partial charge in [0.15, 0.2) is 0 Å². The second-order valence-electron chi connectivity index (χ2n) is 4.22. The van der Waals surface area contributed by atoms with Crippen LogP contribution in [0.15, 0.2) is 43.2 Å². The molecule has 0 spiro atoms. The van der Waals surface area contributed by atoms with E-state index < -0.39 is 6.10 Å². The molecule has 2 atom stereocenters. The maximum Gasteiger partial charge on any atom is 0.124 e. The van der Waals surface area contributed by atoms with E-state index in [4.69, 9.17) is 4.74 Å². The van der Waals surface area contributed by atoms with Crippen LogP contribution in [0.25, 0.3) is 0 Å². The van der Waals surface area contributed by atoms with Gasteiger partial charge in [-0.3, -0.25) is 0 Å². The summed E-state index contributed by atoms with van der Waals surface area (Å²) in [5.41, 5.74) is 1.27. The fraction of sp³-hybridized carbons (Fsp3) is 0.467. The third kappa shape index (κ3) is 5.05. The molecule has 94 valence electrons. The predicted molar refractivity (Wildman–Crippen MR) is 70.7 cm³/mol. The quantitative estimate of drug-likeness (QED) is 0.699. The van der Waals surface area contributed by atoms with Crippen LogP contribution >= 0.6 is 0 Å². The normalized spacial score (nSPS) is 14.0. The summed E-state index contributed by atoms with van der Waals surface area (Å²) in [5, 5.41) is 9.95. The molecule has 0 aromatic heterocycles. The SMILES string of the molecule is C=CO[C@H](CCc1ccccc1)[C@@H](O)CCC. The fourth-order valence-corrected chi connectivity index (χ4v) is 1.91. The number of aliphatic hydroxyl groups is 1. The Hall–Kier alpha value is -1.28. The number of hydrogen-bond donors (Lipinski definition) is 1. The average Bonchev–Trinajstić information content (AvgIpc) is 2.36. The standard InChI is InChI=1S/C15H22O2/c1-3-8-14(16)15(17-4-2)12-11-13-9-6-5-7-10-13/h4-7,9-10,14-16H,2-3,8,11-12H2,1H3/t14-,15+/m0/s1. The van der Waals surface area contributed by atoms with E-state index in [1.165, 1.54) is 11.8 Å². The zero-order valence-corrected chi connectivity index (χ0v) is 10.5. The molecule has 2 heteroatoms. The van der Waals surface area contributed by atoms with Crippen molar-refractivity contribution in [1.82, 2.24) is 0 Å². The average molecular weight is 234 g/mol. The van der Waals surface area contributed by atoms with Crippen LogP contribution in [0.4, 0.5) is 0 Å². The van der Waals surface area contributed by atoms with Crippen molar-refractivity contribution in [2.75, 3.05) is 0 Å². The Morgan fingerprint density at radius 1 is 1.29 bits per heavy atom. The largest absolute Gasteiger partial charge is 0.496 e. The Kier molecular flexibility index (Phi) is 6.41. The highest BCUT2D eigenvalue weighted by atomic mass is 16.5. The lowest BCUT2D eigenvalue weighted by molar-refractivity contribution is 0.0000822. The molecule has 0 saturated carbocycles. The van der Waals surface area contributed by atoms with Gasteiger partial charge < -0.3 is 9.84 Å². The van der Waals surface area contributed by atoms with E-state index in [-0.39, 0.29) is 6.10 Å². The molecule has 0 heterocycles. The van der Waals surface area contributed by atoms with Crippen LogP contribution in [-0.4, -0.2) is 17.3 Å². The van der Waals surface area contributed by atoms with Crippen LogP contribution in [0.1, 0.15) is 31.7 Å². The number of aliphatic hydroxyl groups excluding tert-OH is 1. The second-order valence-corrected chi connectivity index (χ2v) is 4.22. The molecule has 0 bridgehead atoms. The van der Waals surface area contributed by atoms with Gasteiger partial charge in [0.1, 0.15) is 6.10 Å². The van der Waals surface area contributed by atoms with E-state index >= 15 is 0 Å². The highest BCUT2D eigenvalue weighted by Gasteiger charge is 2.18. The Bertz CT molecular complexity index is 308. The first kappa shape index (κ1) is 13.8. The van der Waals surface area contributed by atoms with E-state index in [1.54, 1.807) is 0 Å². The van der Waals surface area contributed by atoms with Gasteiger partial charge in [-0.1, -0.05) is 50.3 Å². The monoisotopic (exact) mass is 234 g/mol. The summed E-state index contributed by atoms with van der Waals surface area (Å²) in [6.07, 6.45) is 4.34. The van der Waals surface area contributed by atoms with Crippen LogP contribution < -0.4 is 0 Å². The molecular weight excluding hydrogens is 212 g/mol. The fourth-order valence-electron chi connectivity index (χ4n) is 1.91. The molecule has 1 aromatic carbocycles. The summed E-state index contributed by atoms with van der Waals surface area (Å²) < 4.78 is 5.39. The van der Waals surface area contributed by atoms with Crippen molar-refractivity contribution in [2.45, 2.75) is 44.8 Å². The van der Waals surface area contributed by atoms with Gasteiger partial charge in [-0.25, -0.2) is 0 Å². The number of benzene rings is 1. The van der Waals surface area contributed by atoms with Gasteiger partial charge in [0.25, 0.3) is 0 Å². The highest BCUT2D eigenvalue weighted by Crippen LogP contribution is 2.14. The lowest BCUT2D eigenvalue weighted by Crippen LogP contribution is -2.28. The summed E-state index contributed by atoms with van der Waals surface area (Å²) in [6, 6.07) is 10.3. The molecule has 0 fully saturated rings. The van der Waals surface area contributed by atoms with Gasteiger partial charge >= 0.3 is 0 Å². The maximum atomic E-state index is 9.95. The van der Waals surface area contributed by atoms with Crippen molar-refractivity contribution >= 4 is 0 Å². The van der Waals surface area contributed by atoms with Crippen LogP contribution in [-0.2, 0) is 11.2 Å².